The Morgan fingerprint density at radius 1 is 0.978 bits per heavy atom. The molecule has 2 aromatic carbocycles. The number of hydrogen-bond acceptors (Lipinski definition) is 9. The summed E-state index contributed by atoms with van der Waals surface area (Å²) < 4.78 is 7.25. The summed E-state index contributed by atoms with van der Waals surface area (Å²) in [4.78, 5) is 47.7. The molecule has 0 aliphatic carbocycles. The van der Waals surface area contributed by atoms with E-state index >= 15 is 0 Å². The fourth-order valence-electron chi connectivity index (χ4n) is 5.40. The van der Waals surface area contributed by atoms with Gasteiger partial charge in [-0.15, -0.1) is 0 Å². The summed E-state index contributed by atoms with van der Waals surface area (Å²) in [6.07, 6.45) is 5.79. The quantitative estimate of drug-likeness (QED) is 0.183. The Labute approximate surface area is 265 Å². The van der Waals surface area contributed by atoms with E-state index in [0.717, 1.165) is 50.7 Å². The van der Waals surface area contributed by atoms with Crippen LogP contribution in [0, 0.1) is 0 Å². The van der Waals surface area contributed by atoms with Gasteiger partial charge >= 0.3 is 11.7 Å². The number of carbonyl (C=O) groups excluding carboxylic acids is 1. The molecule has 3 N–H and O–H groups in total. The third-order valence-corrected chi connectivity index (χ3v) is 8.94. The Balaban J connectivity index is 1.25. The summed E-state index contributed by atoms with van der Waals surface area (Å²) >= 11 is 1.68. The number of anilines is 3. The normalized spacial score (nSPS) is 12.2. The molecule has 4 heterocycles. The van der Waals surface area contributed by atoms with E-state index in [-0.39, 0.29) is 23.4 Å². The molecule has 1 aliphatic heterocycles. The molecule has 1 aliphatic rings. The molecule has 0 unspecified atom stereocenters. The fraction of sp³-hybridized carbons (Fsp3) is 0.303. The lowest BCUT2D eigenvalue weighted by atomic mass is 10.1. The Morgan fingerprint density at radius 3 is 2.38 bits per heavy atom. The van der Waals surface area contributed by atoms with Crippen molar-refractivity contribution in [3.05, 3.63) is 88.1 Å². The molecule has 232 valence electrons. The standard InChI is InChI=1S/C33H36N8O3S/c1-4-6-15-44-32-37-30(34)29-31(38-32)41(33(43)36-29)20-23-8-10-25-27(17-23)45-26-16-22(7-9-24(26)39(25)3)19-40(28(42)5-2)18-21-11-13-35-14-12-21/h7-14,16-17H,4-6,15,18-20H2,1-3H3,(H,36,43)(H2,34,37,38). The minimum Gasteiger partial charge on any atom is -0.463 e. The molecule has 12 heteroatoms. The van der Waals surface area contributed by atoms with Crippen molar-refractivity contribution in [1.29, 1.82) is 0 Å². The second-order valence-electron chi connectivity index (χ2n) is 11.0. The van der Waals surface area contributed by atoms with Crippen LogP contribution in [-0.4, -0.2) is 49.0 Å². The second kappa shape index (κ2) is 13.0. The number of carbonyl (C=O) groups is 1. The van der Waals surface area contributed by atoms with E-state index in [1.807, 2.05) is 30.0 Å². The van der Waals surface area contributed by atoms with Crippen LogP contribution in [0.3, 0.4) is 0 Å². The number of pyridine rings is 1. The van der Waals surface area contributed by atoms with Gasteiger partial charge in [-0.2, -0.15) is 9.97 Å². The maximum absolute atomic E-state index is 13.0. The number of rotatable bonds is 11. The van der Waals surface area contributed by atoms with Crippen molar-refractivity contribution < 1.29 is 9.53 Å². The lowest BCUT2D eigenvalue weighted by Crippen LogP contribution is -2.29. The van der Waals surface area contributed by atoms with Gasteiger partial charge in [0, 0.05) is 48.7 Å². The maximum atomic E-state index is 13.0. The molecule has 5 aromatic rings. The summed E-state index contributed by atoms with van der Waals surface area (Å²) in [7, 11) is 2.05. The highest BCUT2D eigenvalue weighted by Gasteiger charge is 2.23. The van der Waals surface area contributed by atoms with E-state index in [9.17, 15) is 9.59 Å². The number of aromatic amines is 1. The summed E-state index contributed by atoms with van der Waals surface area (Å²) in [5.74, 6) is 0.279. The molecule has 0 saturated heterocycles. The number of unbranched alkanes of at least 4 members (excludes halogenated alkanes) is 1. The molecule has 0 radical (unpaired) electrons. The number of fused-ring (bicyclic) bond motifs is 3. The molecule has 0 saturated carbocycles. The molecule has 0 bridgehead atoms. The predicted octanol–water partition coefficient (Wildman–Crippen LogP) is 5.50. The van der Waals surface area contributed by atoms with Gasteiger partial charge in [0.1, 0.15) is 5.52 Å². The van der Waals surface area contributed by atoms with Crippen molar-refractivity contribution in [1.82, 2.24) is 29.4 Å². The zero-order valence-electron chi connectivity index (χ0n) is 25.6. The molecular formula is C33H36N8O3S. The smallest absolute Gasteiger partial charge is 0.328 e. The van der Waals surface area contributed by atoms with Crippen LogP contribution in [0.15, 0.2) is 75.5 Å². The molecular weight excluding hydrogens is 588 g/mol. The molecule has 1 amide bonds. The number of imidazole rings is 1. The Morgan fingerprint density at radius 2 is 1.67 bits per heavy atom. The number of benzene rings is 2. The largest absolute Gasteiger partial charge is 0.463 e. The number of nitrogens with two attached hydrogens (primary N) is 1. The van der Waals surface area contributed by atoms with E-state index in [1.165, 1.54) is 0 Å². The maximum Gasteiger partial charge on any atom is 0.328 e. The number of nitrogens with zero attached hydrogens (tertiary/aromatic N) is 6. The van der Waals surface area contributed by atoms with E-state index in [0.29, 0.717) is 43.8 Å². The molecule has 11 nitrogen and oxygen atoms in total. The van der Waals surface area contributed by atoms with Gasteiger partial charge < -0.3 is 25.3 Å². The van der Waals surface area contributed by atoms with Gasteiger partial charge in [0.25, 0.3) is 0 Å². The first-order valence-electron chi connectivity index (χ1n) is 15.1. The summed E-state index contributed by atoms with van der Waals surface area (Å²) in [6.45, 7) is 5.79. The third kappa shape index (κ3) is 6.37. The van der Waals surface area contributed by atoms with Crippen LogP contribution in [0.2, 0.25) is 0 Å². The first kappa shape index (κ1) is 30.2. The third-order valence-electron chi connectivity index (χ3n) is 7.84. The summed E-state index contributed by atoms with van der Waals surface area (Å²) in [6, 6.07) is 16.6. The Bertz CT molecular complexity index is 1910. The Kier molecular flexibility index (Phi) is 8.74. The van der Waals surface area contributed by atoms with Crippen LogP contribution < -0.4 is 21.1 Å². The van der Waals surface area contributed by atoms with E-state index in [2.05, 4.69) is 69.1 Å². The van der Waals surface area contributed by atoms with Gasteiger partial charge in [0.05, 0.1) is 24.5 Å². The van der Waals surface area contributed by atoms with Gasteiger partial charge in [-0.25, -0.2) is 4.79 Å². The number of nitrogen functional groups attached to an aromatic ring is 1. The number of H-pyrrole nitrogens is 1. The molecule has 45 heavy (non-hydrogen) atoms. The first-order chi connectivity index (χ1) is 21.8. The zero-order valence-corrected chi connectivity index (χ0v) is 26.4. The van der Waals surface area contributed by atoms with E-state index in [4.69, 9.17) is 10.5 Å². The summed E-state index contributed by atoms with van der Waals surface area (Å²) in [5, 5.41) is 0. The average Bonchev–Trinajstić information content (AvgIpc) is 3.35. The highest BCUT2D eigenvalue weighted by Crippen LogP contribution is 2.48. The Hall–Kier alpha value is -4.84. The minimum atomic E-state index is -0.313. The highest BCUT2D eigenvalue weighted by molar-refractivity contribution is 7.99. The number of ether oxygens (including phenoxy) is 1. The molecule has 0 fully saturated rings. The predicted molar refractivity (Wildman–Crippen MR) is 176 cm³/mol. The number of aromatic nitrogens is 5. The first-order valence-corrected chi connectivity index (χ1v) is 15.9. The average molecular weight is 625 g/mol. The topological polar surface area (TPSA) is 135 Å². The van der Waals surface area contributed by atoms with Gasteiger partial charge in [-0.1, -0.05) is 44.2 Å². The molecule has 3 aromatic heterocycles. The van der Waals surface area contributed by atoms with Crippen LogP contribution in [0.5, 0.6) is 6.01 Å². The lowest BCUT2D eigenvalue weighted by Gasteiger charge is -2.31. The number of amides is 1. The lowest BCUT2D eigenvalue weighted by molar-refractivity contribution is -0.132. The molecule has 6 rings (SSSR count). The number of nitrogens with one attached hydrogen (secondary N) is 1. The fourth-order valence-corrected chi connectivity index (χ4v) is 6.67. The summed E-state index contributed by atoms with van der Waals surface area (Å²) in [5.41, 5.74) is 11.9. The van der Waals surface area contributed by atoms with Crippen molar-refractivity contribution >= 4 is 46.0 Å². The van der Waals surface area contributed by atoms with Crippen molar-refractivity contribution in [2.45, 2.75) is 62.5 Å². The van der Waals surface area contributed by atoms with Crippen molar-refractivity contribution in [3.8, 4) is 6.01 Å². The highest BCUT2D eigenvalue weighted by atomic mass is 32.2. The number of hydrogen-bond donors (Lipinski definition) is 2. The molecule has 0 spiro atoms. The van der Waals surface area contributed by atoms with Crippen LogP contribution in [0.25, 0.3) is 11.2 Å². The van der Waals surface area contributed by atoms with Gasteiger partial charge in [-0.3, -0.25) is 14.3 Å². The van der Waals surface area contributed by atoms with Crippen molar-refractivity contribution in [2.24, 2.45) is 0 Å². The van der Waals surface area contributed by atoms with Crippen LogP contribution >= 0.6 is 11.8 Å². The van der Waals surface area contributed by atoms with Crippen LogP contribution in [0.1, 0.15) is 49.8 Å². The second-order valence-corrected chi connectivity index (χ2v) is 12.1. The van der Waals surface area contributed by atoms with Gasteiger partial charge in [0.2, 0.25) is 5.91 Å². The van der Waals surface area contributed by atoms with Crippen molar-refractivity contribution in [3.63, 3.8) is 0 Å². The van der Waals surface area contributed by atoms with Crippen LogP contribution in [-0.2, 0) is 24.4 Å². The zero-order chi connectivity index (χ0) is 31.5. The van der Waals surface area contributed by atoms with E-state index in [1.54, 1.807) is 28.7 Å². The van der Waals surface area contributed by atoms with Crippen molar-refractivity contribution in [2.75, 3.05) is 24.3 Å². The SMILES string of the molecule is CCCCOc1nc(N)c2[nH]c(=O)n(Cc3ccc4c(c3)Sc3cc(CN(Cc5ccncc5)C(=O)CC)ccc3N4C)c2n1. The monoisotopic (exact) mass is 624 g/mol. The molecule has 0 atom stereocenters. The van der Waals surface area contributed by atoms with Gasteiger partial charge in [0.15, 0.2) is 11.5 Å². The minimum absolute atomic E-state index is 0.100. The van der Waals surface area contributed by atoms with Gasteiger partial charge in [-0.05, 0) is 59.5 Å². The van der Waals surface area contributed by atoms with E-state index < -0.39 is 0 Å². The van der Waals surface area contributed by atoms with Crippen LogP contribution in [0.4, 0.5) is 17.2 Å².